The summed E-state index contributed by atoms with van der Waals surface area (Å²) >= 11 is 0. The second-order valence-electron chi connectivity index (χ2n) is 9.54. The number of carbonyl (C=O) groups excluding carboxylic acids is 2. The molecule has 40 heavy (non-hydrogen) atoms. The molecule has 1 atom stereocenters. The Hall–Kier alpha value is -3.79. The Bertz CT molecular complexity index is 1370. The topological polar surface area (TPSA) is 86.8 Å². The van der Waals surface area contributed by atoms with Crippen LogP contribution < -0.4 is 9.62 Å². The van der Waals surface area contributed by atoms with Gasteiger partial charge in [0.1, 0.15) is 6.04 Å². The first-order chi connectivity index (χ1) is 19.1. The van der Waals surface area contributed by atoms with Crippen LogP contribution in [-0.2, 0) is 32.6 Å². The maximum atomic E-state index is 13.8. The van der Waals surface area contributed by atoms with E-state index in [4.69, 9.17) is 0 Å². The molecule has 3 rings (SSSR count). The van der Waals surface area contributed by atoms with E-state index in [9.17, 15) is 26.8 Å². The number of anilines is 1. The van der Waals surface area contributed by atoms with Crippen molar-refractivity contribution in [3.05, 3.63) is 102 Å². The molecule has 0 aliphatic rings. The number of nitrogens with zero attached hydrogens (tertiary/aromatic N) is 2. The summed E-state index contributed by atoms with van der Waals surface area (Å²) < 4.78 is 53.1. The number of hydrogen-bond acceptors (Lipinski definition) is 4. The molecule has 0 heterocycles. The molecule has 10 heteroatoms. The smallest absolute Gasteiger partial charge is 0.243 e. The highest BCUT2D eigenvalue weighted by molar-refractivity contribution is 7.92. The van der Waals surface area contributed by atoms with E-state index >= 15 is 0 Å². The zero-order valence-corrected chi connectivity index (χ0v) is 23.5. The van der Waals surface area contributed by atoms with Gasteiger partial charge in [-0.15, -0.1) is 0 Å². The summed E-state index contributed by atoms with van der Waals surface area (Å²) in [4.78, 5) is 28.6. The number of nitrogens with one attached hydrogen (secondary N) is 1. The van der Waals surface area contributed by atoms with E-state index < -0.39 is 27.7 Å². The molecule has 0 spiro atoms. The number of amides is 2. The van der Waals surface area contributed by atoms with Crippen LogP contribution >= 0.6 is 0 Å². The molecular formula is C30H35F2N3O4S. The van der Waals surface area contributed by atoms with E-state index in [2.05, 4.69) is 5.32 Å². The van der Waals surface area contributed by atoms with Crippen molar-refractivity contribution in [2.75, 3.05) is 23.7 Å². The standard InChI is InChI=1S/C30H35F2N3O4S/c1-3-18-33-30(37)28(20-23-11-6-4-7-12-23)34(22-24-13-8-5-9-14-24)29(36)15-10-19-35(40(2,38)39)25-16-17-26(31)27(32)21-25/h4-9,11-14,16-17,21,28H,3,10,15,18-20,22H2,1-2H3,(H,33,37)/t28-/m0/s1. The van der Waals surface area contributed by atoms with Gasteiger partial charge in [0.15, 0.2) is 11.6 Å². The Morgan fingerprint density at radius 2 is 1.52 bits per heavy atom. The molecule has 214 valence electrons. The number of sulfonamides is 1. The lowest BCUT2D eigenvalue weighted by Gasteiger charge is -2.32. The van der Waals surface area contributed by atoms with Gasteiger partial charge in [-0.25, -0.2) is 17.2 Å². The van der Waals surface area contributed by atoms with Gasteiger partial charge in [0.2, 0.25) is 21.8 Å². The average molecular weight is 572 g/mol. The summed E-state index contributed by atoms with van der Waals surface area (Å²) in [5.41, 5.74) is 1.71. The Balaban J connectivity index is 1.85. The molecule has 0 aliphatic carbocycles. The summed E-state index contributed by atoms with van der Waals surface area (Å²) in [6, 6.07) is 20.8. The van der Waals surface area contributed by atoms with Crippen LogP contribution in [0, 0.1) is 11.6 Å². The first-order valence-corrected chi connectivity index (χ1v) is 15.0. The second kappa shape index (κ2) is 14.6. The van der Waals surface area contributed by atoms with Crippen molar-refractivity contribution < 1.29 is 26.8 Å². The molecule has 0 fully saturated rings. The number of halogens is 2. The van der Waals surface area contributed by atoms with Gasteiger partial charge in [0.05, 0.1) is 11.9 Å². The summed E-state index contributed by atoms with van der Waals surface area (Å²) in [5, 5.41) is 2.91. The summed E-state index contributed by atoms with van der Waals surface area (Å²) in [5.74, 6) is -2.85. The van der Waals surface area contributed by atoms with Gasteiger partial charge < -0.3 is 10.2 Å². The molecule has 0 aromatic heterocycles. The predicted molar refractivity (Wildman–Crippen MR) is 152 cm³/mol. The summed E-state index contributed by atoms with van der Waals surface area (Å²) in [6.45, 7) is 2.48. The molecule has 0 radical (unpaired) electrons. The van der Waals surface area contributed by atoms with Crippen molar-refractivity contribution in [3.8, 4) is 0 Å². The molecule has 7 nitrogen and oxygen atoms in total. The molecule has 1 N–H and O–H groups in total. The number of rotatable bonds is 14. The Kier molecular flexibility index (Phi) is 11.2. The minimum absolute atomic E-state index is 0.0316. The van der Waals surface area contributed by atoms with Crippen LogP contribution in [0.1, 0.15) is 37.3 Å². The van der Waals surface area contributed by atoms with Gasteiger partial charge in [-0.05, 0) is 36.1 Å². The van der Waals surface area contributed by atoms with Crippen molar-refractivity contribution in [3.63, 3.8) is 0 Å². The van der Waals surface area contributed by atoms with Crippen LogP contribution in [0.5, 0.6) is 0 Å². The molecule has 0 bridgehead atoms. The number of hydrogen-bond donors (Lipinski definition) is 1. The number of benzene rings is 3. The van der Waals surface area contributed by atoms with Crippen LogP contribution in [0.2, 0.25) is 0 Å². The minimum Gasteiger partial charge on any atom is -0.354 e. The van der Waals surface area contributed by atoms with Crippen LogP contribution in [0.3, 0.4) is 0 Å². The van der Waals surface area contributed by atoms with Gasteiger partial charge >= 0.3 is 0 Å². The maximum Gasteiger partial charge on any atom is 0.243 e. The Labute approximate surface area is 234 Å². The van der Waals surface area contributed by atoms with Gasteiger partial charge in [0, 0.05) is 38.5 Å². The van der Waals surface area contributed by atoms with Gasteiger partial charge in [-0.1, -0.05) is 67.6 Å². The molecule has 2 amide bonds. The van der Waals surface area contributed by atoms with E-state index in [-0.39, 0.29) is 43.4 Å². The van der Waals surface area contributed by atoms with Crippen molar-refractivity contribution in [1.29, 1.82) is 0 Å². The zero-order valence-electron chi connectivity index (χ0n) is 22.7. The van der Waals surface area contributed by atoms with E-state index in [1.807, 2.05) is 67.6 Å². The van der Waals surface area contributed by atoms with Crippen molar-refractivity contribution in [2.45, 2.75) is 45.2 Å². The van der Waals surface area contributed by atoms with Crippen LogP contribution in [0.15, 0.2) is 78.9 Å². The van der Waals surface area contributed by atoms with E-state index in [0.717, 1.165) is 40.2 Å². The van der Waals surface area contributed by atoms with Crippen LogP contribution in [0.25, 0.3) is 0 Å². The highest BCUT2D eigenvalue weighted by Gasteiger charge is 2.30. The lowest BCUT2D eigenvalue weighted by atomic mass is 10.0. The highest BCUT2D eigenvalue weighted by Crippen LogP contribution is 2.22. The van der Waals surface area contributed by atoms with E-state index in [1.165, 1.54) is 11.0 Å². The van der Waals surface area contributed by atoms with Crippen molar-refractivity contribution >= 4 is 27.5 Å². The summed E-state index contributed by atoms with van der Waals surface area (Å²) in [7, 11) is -3.84. The maximum absolute atomic E-state index is 13.8. The van der Waals surface area contributed by atoms with E-state index in [0.29, 0.717) is 13.0 Å². The van der Waals surface area contributed by atoms with Gasteiger partial charge in [-0.2, -0.15) is 0 Å². The quantitative estimate of drug-likeness (QED) is 0.305. The van der Waals surface area contributed by atoms with Crippen LogP contribution in [0.4, 0.5) is 14.5 Å². The third kappa shape index (κ3) is 8.87. The molecule has 0 unspecified atom stereocenters. The first-order valence-electron chi connectivity index (χ1n) is 13.2. The predicted octanol–water partition coefficient (Wildman–Crippen LogP) is 4.68. The SMILES string of the molecule is CCCNC(=O)[C@H](Cc1ccccc1)N(Cc1ccccc1)C(=O)CCCN(c1ccc(F)c(F)c1)S(C)(=O)=O. The Morgan fingerprint density at radius 3 is 2.10 bits per heavy atom. The van der Waals surface area contributed by atoms with Gasteiger partial charge in [-0.3, -0.25) is 13.9 Å². The highest BCUT2D eigenvalue weighted by atomic mass is 32.2. The third-order valence-electron chi connectivity index (χ3n) is 6.36. The second-order valence-corrected chi connectivity index (χ2v) is 11.4. The number of carbonyl (C=O) groups is 2. The largest absolute Gasteiger partial charge is 0.354 e. The van der Waals surface area contributed by atoms with E-state index in [1.54, 1.807) is 0 Å². The Morgan fingerprint density at radius 1 is 0.900 bits per heavy atom. The molecule has 0 saturated carbocycles. The molecule has 3 aromatic carbocycles. The molecular weight excluding hydrogens is 536 g/mol. The lowest BCUT2D eigenvalue weighted by molar-refractivity contribution is -0.141. The minimum atomic E-state index is -3.84. The monoisotopic (exact) mass is 571 g/mol. The lowest BCUT2D eigenvalue weighted by Crippen LogP contribution is -2.50. The average Bonchev–Trinajstić information content (AvgIpc) is 2.93. The fourth-order valence-corrected chi connectivity index (χ4v) is 5.30. The molecule has 3 aromatic rings. The first kappa shape index (κ1) is 30.7. The van der Waals surface area contributed by atoms with Gasteiger partial charge in [0.25, 0.3) is 0 Å². The molecule has 0 saturated heterocycles. The molecule has 0 aliphatic heterocycles. The van der Waals surface area contributed by atoms with Crippen LogP contribution in [-0.4, -0.2) is 50.5 Å². The summed E-state index contributed by atoms with van der Waals surface area (Å²) in [6.07, 6.45) is 2.05. The normalized spacial score (nSPS) is 12.0. The fraction of sp³-hybridized carbons (Fsp3) is 0.333. The van der Waals surface area contributed by atoms with Crippen molar-refractivity contribution in [1.82, 2.24) is 10.2 Å². The van der Waals surface area contributed by atoms with Crippen molar-refractivity contribution in [2.24, 2.45) is 0 Å². The zero-order chi connectivity index (χ0) is 29.1. The third-order valence-corrected chi connectivity index (χ3v) is 7.55. The fourth-order valence-electron chi connectivity index (χ4n) is 4.34.